The van der Waals surface area contributed by atoms with E-state index < -0.39 is 5.92 Å². The number of ether oxygens (including phenoxy) is 1. The first kappa shape index (κ1) is 16.9. The third kappa shape index (κ3) is 3.60. The van der Waals surface area contributed by atoms with Crippen LogP contribution in [0.15, 0.2) is 59.7 Å². The fraction of sp³-hybridized carbons (Fsp3) is 0.250. The number of hydrogen-bond acceptors (Lipinski definition) is 4. The number of ketones is 1. The molecule has 0 saturated heterocycles. The van der Waals surface area contributed by atoms with Crippen LogP contribution in [0.4, 0.5) is 5.69 Å². The second kappa shape index (κ2) is 7.30. The quantitative estimate of drug-likeness (QED) is 0.761. The highest BCUT2D eigenvalue weighted by molar-refractivity contribution is 6.27. The van der Waals surface area contributed by atoms with Crippen molar-refractivity contribution in [3.8, 4) is 5.75 Å². The Labute approximate surface area is 146 Å². The van der Waals surface area contributed by atoms with Crippen LogP contribution in [0.1, 0.15) is 18.9 Å². The number of aryl methyl sites for hydroxylation is 1. The summed E-state index contributed by atoms with van der Waals surface area (Å²) in [6.07, 6.45) is 0.947. The fourth-order valence-corrected chi connectivity index (χ4v) is 2.90. The number of benzene rings is 2. The molecule has 0 fully saturated rings. The zero-order valence-corrected chi connectivity index (χ0v) is 14.3. The summed E-state index contributed by atoms with van der Waals surface area (Å²) in [6.45, 7) is 1.73. The largest absolute Gasteiger partial charge is 0.497 e. The van der Waals surface area contributed by atoms with E-state index >= 15 is 0 Å². The summed E-state index contributed by atoms with van der Waals surface area (Å²) in [7, 11) is 1.58. The molecule has 0 spiro atoms. The molecule has 0 radical (unpaired) electrons. The van der Waals surface area contributed by atoms with Crippen LogP contribution in [0.3, 0.4) is 0 Å². The van der Waals surface area contributed by atoms with Crippen molar-refractivity contribution in [3.63, 3.8) is 0 Å². The first-order valence-electron chi connectivity index (χ1n) is 8.20. The van der Waals surface area contributed by atoms with E-state index in [0.717, 1.165) is 5.56 Å². The van der Waals surface area contributed by atoms with Crippen LogP contribution in [-0.4, -0.2) is 24.5 Å². The first-order chi connectivity index (χ1) is 12.1. The molecule has 2 aromatic rings. The van der Waals surface area contributed by atoms with Crippen molar-refractivity contribution in [2.24, 2.45) is 11.0 Å². The average molecular weight is 336 g/mol. The Morgan fingerprint density at radius 1 is 1.12 bits per heavy atom. The minimum absolute atomic E-state index is 0.0916. The Balaban J connectivity index is 1.69. The predicted molar refractivity (Wildman–Crippen MR) is 96.8 cm³/mol. The topological polar surface area (TPSA) is 59.0 Å². The maximum Gasteiger partial charge on any atom is 0.263 e. The van der Waals surface area contributed by atoms with Gasteiger partial charge in [-0.2, -0.15) is 10.1 Å². The van der Waals surface area contributed by atoms with E-state index in [4.69, 9.17) is 4.74 Å². The number of rotatable bonds is 6. The number of Topliss-reactive ketones (excluding diaryl/α,β-unsaturated/α-hetero) is 1. The lowest BCUT2D eigenvalue weighted by atomic mass is 9.94. The summed E-state index contributed by atoms with van der Waals surface area (Å²) in [4.78, 5) is 25.3. The van der Waals surface area contributed by atoms with Crippen molar-refractivity contribution in [1.82, 2.24) is 0 Å². The molecule has 3 rings (SSSR count). The molecular formula is C20H20N2O3. The summed E-state index contributed by atoms with van der Waals surface area (Å²) in [5, 5.41) is 5.60. The highest BCUT2D eigenvalue weighted by Crippen LogP contribution is 2.27. The van der Waals surface area contributed by atoms with Crippen molar-refractivity contribution in [1.29, 1.82) is 0 Å². The van der Waals surface area contributed by atoms with Gasteiger partial charge in [0.05, 0.1) is 18.5 Å². The number of hydrazone groups is 1. The molecule has 128 valence electrons. The van der Waals surface area contributed by atoms with Gasteiger partial charge in [0.2, 0.25) is 0 Å². The van der Waals surface area contributed by atoms with Gasteiger partial charge in [0.15, 0.2) is 5.78 Å². The number of carbonyl (C=O) groups excluding carboxylic acids is 2. The standard InChI is InChI=1S/C20H20N2O3/c1-14-19(18(23)13-8-15-6-4-3-5-7-15)20(24)22(21-14)16-9-11-17(25-2)12-10-16/h3-7,9-12,19H,8,13H2,1-2H3. The molecule has 1 aliphatic heterocycles. The van der Waals surface area contributed by atoms with Gasteiger partial charge < -0.3 is 4.74 Å². The summed E-state index contributed by atoms with van der Waals surface area (Å²) >= 11 is 0. The van der Waals surface area contributed by atoms with Gasteiger partial charge in [0, 0.05) is 6.42 Å². The minimum atomic E-state index is -0.786. The highest BCUT2D eigenvalue weighted by Gasteiger charge is 2.38. The number of methoxy groups -OCH3 is 1. The first-order valence-corrected chi connectivity index (χ1v) is 8.20. The Hall–Kier alpha value is -2.95. The molecule has 1 atom stereocenters. The molecule has 1 unspecified atom stereocenters. The molecule has 2 aromatic carbocycles. The lowest BCUT2D eigenvalue weighted by Crippen LogP contribution is -2.32. The fourth-order valence-electron chi connectivity index (χ4n) is 2.90. The summed E-state index contributed by atoms with van der Waals surface area (Å²) in [5.74, 6) is -0.468. The zero-order chi connectivity index (χ0) is 17.8. The van der Waals surface area contributed by atoms with E-state index in [0.29, 0.717) is 30.0 Å². The van der Waals surface area contributed by atoms with Crippen LogP contribution < -0.4 is 9.75 Å². The normalized spacial score (nSPS) is 16.7. The minimum Gasteiger partial charge on any atom is -0.497 e. The summed E-state index contributed by atoms with van der Waals surface area (Å²) < 4.78 is 5.12. The highest BCUT2D eigenvalue weighted by atomic mass is 16.5. The number of amides is 1. The molecule has 0 saturated carbocycles. The maximum atomic E-state index is 12.7. The molecule has 25 heavy (non-hydrogen) atoms. The lowest BCUT2D eigenvalue weighted by molar-refractivity contribution is -0.129. The number of anilines is 1. The van der Waals surface area contributed by atoms with E-state index in [1.807, 2.05) is 30.3 Å². The Kier molecular flexibility index (Phi) is 4.93. The molecule has 1 aliphatic rings. The molecule has 1 amide bonds. The van der Waals surface area contributed by atoms with Gasteiger partial charge in [-0.1, -0.05) is 30.3 Å². The monoisotopic (exact) mass is 336 g/mol. The van der Waals surface area contributed by atoms with E-state index in [9.17, 15) is 9.59 Å². The van der Waals surface area contributed by atoms with Gasteiger partial charge in [-0.25, -0.2) is 0 Å². The average Bonchev–Trinajstić information content (AvgIpc) is 2.95. The summed E-state index contributed by atoms with van der Waals surface area (Å²) in [5.41, 5.74) is 2.25. The van der Waals surface area contributed by atoms with Crippen molar-refractivity contribution in [2.75, 3.05) is 12.1 Å². The van der Waals surface area contributed by atoms with Crippen LogP contribution in [0.5, 0.6) is 5.75 Å². The predicted octanol–water partition coefficient (Wildman–Crippen LogP) is 3.24. The van der Waals surface area contributed by atoms with Gasteiger partial charge >= 0.3 is 0 Å². The lowest BCUT2D eigenvalue weighted by Gasteiger charge is -2.14. The molecular weight excluding hydrogens is 316 g/mol. The SMILES string of the molecule is COc1ccc(N2N=C(C)C(C(=O)CCc3ccccc3)C2=O)cc1. The second-order valence-corrected chi connectivity index (χ2v) is 5.97. The van der Waals surface area contributed by atoms with Gasteiger partial charge in [0.25, 0.3) is 5.91 Å². The third-order valence-electron chi connectivity index (χ3n) is 4.27. The summed E-state index contributed by atoms with van der Waals surface area (Å²) in [6, 6.07) is 16.8. The van der Waals surface area contributed by atoms with E-state index in [2.05, 4.69) is 5.10 Å². The molecule has 5 nitrogen and oxygen atoms in total. The van der Waals surface area contributed by atoms with Crippen molar-refractivity contribution < 1.29 is 14.3 Å². The molecule has 0 aliphatic carbocycles. The van der Waals surface area contributed by atoms with Crippen LogP contribution >= 0.6 is 0 Å². The molecule has 1 heterocycles. The van der Waals surface area contributed by atoms with Crippen molar-refractivity contribution in [3.05, 3.63) is 60.2 Å². The van der Waals surface area contributed by atoms with Crippen LogP contribution in [0.25, 0.3) is 0 Å². The Bertz CT molecular complexity index is 797. The molecule has 5 heteroatoms. The second-order valence-electron chi connectivity index (χ2n) is 5.97. The van der Waals surface area contributed by atoms with Gasteiger partial charge in [-0.15, -0.1) is 0 Å². The number of nitrogens with zero attached hydrogens (tertiary/aromatic N) is 2. The van der Waals surface area contributed by atoms with Crippen molar-refractivity contribution >= 4 is 23.1 Å². The van der Waals surface area contributed by atoms with E-state index in [-0.39, 0.29) is 11.7 Å². The van der Waals surface area contributed by atoms with Gasteiger partial charge in [-0.05, 0) is 43.2 Å². The third-order valence-corrected chi connectivity index (χ3v) is 4.27. The van der Waals surface area contributed by atoms with Gasteiger partial charge in [0.1, 0.15) is 11.7 Å². The van der Waals surface area contributed by atoms with Crippen LogP contribution in [0.2, 0.25) is 0 Å². The van der Waals surface area contributed by atoms with Crippen molar-refractivity contribution in [2.45, 2.75) is 19.8 Å². The zero-order valence-electron chi connectivity index (χ0n) is 14.3. The Morgan fingerprint density at radius 2 is 1.80 bits per heavy atom. The molecule has 0 N–H and O–H groups in total. The smallest absolute Gasteiger partial charge is 0.263 e. The number of hydrogen-bond donors (Lipinski definition) is 0. The van der Waals surface area contributed by atoms with E-state index in [1.54, 1.807) is 38.3 Å². The maximum absolute atomic E-state index is 12.7. The van der Waals surface area contributed by atoms with Crippen LogP contribution in [0, 0.1) is 5.92 Å². The number of carbonyl (C=O) groups is 2. The van der Waals surface area contributed by atoms with E-state index in [1.165, 1.54) is 5.01 Å². The van der Waals surface area contributed by atoms with Gasteiger partial charge in [-0.3, -0.25) is 9.59 Å². The van der Waals surface area contributed by atoms with Crippen LogP contribution in [-0.2, 0) is 16.0 Å². The Morgan fingerprint density at radius 3 is 2.44 bits per heavy atom. The molecule has 0 bridgehead atoms. The molecule has 0 aromatic heterocycles.